The first-order valence-corrected chi connectivity index (χ1v) is 7.73. The van der Waals surface area contributed by atoms with E-state index in [-0.39, 0.29) is 5.91 Å². The van der Waals surface area contributed by atoms with Crippen LogP contribution in [-0.4, -0.2) is 53.4 Å². The summed E-state index contributed by atoms with van der Waals surface area (Å²) in [6.45, 7) is 2.89. The second kappa shape index (κ2) is 5.09. The first-order chi connectivity index (χ1) is 9.15. The summed E-state index contributed by atoms with van der Waals surface area (Å²) < 4.78 is 0. The van der Waals surface area contributed by atoms with Crippen LogP contribution in [-0.2, 0) is 0 Å². The van der Waals surface area contributed by atoms with Crippen LogP contribution in [0.2, 0.25) is 0 Å². The molecule has 104 valence electrons. The molecule has 2 aliphatic rings. The fourth-order valence-corrected chi connectivity index (χ4v) is 3.92. The Balaban J connectivity index is 1.69. The third-order valence-corrected chi connectivity index (χ3v) is 5.05. The molecule has 2 atom stereocenters. The lowest BCUT2D eigenvalue weighted by atomic mass is 9.84. The number of anilines is 1. The Morgan fingerprint density at radius 3 is 3.05 bits per heavy atom. The maximum Gasteiger partial charge on any atom is 0.273 e. The van der Waals surface area contributed by atoms with Crippen molar-refractivity contribution < 1.29 is 4.79 Å². The van der Waals surface area contributed by atoms with Crippen LogP contribution in [0, 0.1) is 5.92 Å². The minimum Gasteiger partial charge on any atom is -0.375 e. The van der Waals surface area contributed by atoms with Crippen molar-refractivity contribution in [1.82, 2.24) is 14.8 Å². The quantitative estimate of drug-likeness (QED) is 0.842. The predicted molar refractivity (Wildman–Crippen MR) is 76.2 cm³/mol. The van der Waals surface area contributed by atoms with Crippen molar-refractivity contribution >= 4 is 22.4 Å². The zero-order chi connectivity index (χ0) is 13.4. The normalized spacial score (nSPS) is 28.2. The van der Waals surface area contributed by atoms with Crippen LogP contribution in [0.15, 0.2) is 5.38 Å². The van der Waals surface area contributed by atoms with Crippen LogP contribution in [0.25, 0.3) is 0 Å². The summed E-state index contributed by atoms with van der Waals surface area (Å²) in [4.78, 5) is 20.9. The number of carbonyl (C=O) groups is 1. The maximum absolute atomic E-state index is 12.4. The number of nitrogens with two attached hydrogens (primary N) is 1. The van der Waals surface area contributed by atoms with Gasteiger partial charge in [-0.25, -0.2) is 4.98 Å². The Kier molecular flexibility index (Phi) is 3.45. The van der Waals surface area contributed by atoms with Crippen molar-refractivity contribution in [3.63, 3.8) is 0 Å². The van der Waals surface area contributed by atoms with Gasteiger partial charge < -0.3 is 15.5 Å². The van der Waals surface area contributed by atoms with Gasteiger partial charge in [-0.1, -0.05) is 0 Å². The van der Waals surface area contributed by atoms with Crippen molar-refractivity contribution in [2.24, 2.45) is 5.92 Å². The number of aromatic nitrogens is 1. The van der Waals surface area contributed by atoms with Crippen molar-refractivity contribution in [2.75, 3.05) is 32.4 Å². The molecular formula is C13H20N4OS. The Morgan fingerprint density at radius 2 is 2.32 bits per heavy atom. The summed E-state index contributed by atoms with van der Waals surface area (Å²) in [6, 6.07) is 0.651. The molecule has 1 amide bonds. The molecule has 3 rings (SSSR count). The number of likely N-dealkylation sites (tertiary alicyclic amines) is 2. The number of nitrogen functional groups attached to an aromatic ring is 1. The number of piperidine rings is 2. The molecule has 0 saturated carbocycles. The molecule has 1 aromatic rings. The molecule has 6 heteroatoms. The fraction of sp³-hybridized carbons (Fsp3) is 0.692. The molecule has 1 aromatic heterocycles. The number of carbonyl (C=O) groups excluding carboxylic acids is 1. The van der Waals surface area contributed by atoms with E-state index in [0.717, 1.165) is 19.5 Å². The van der Waals surface area contributed by atoms with Crippen LogP contribution in [0.1, 0.15) is 29.8 Å². The SMILES string of the molecule is CN1CCCC2CN(C(=O)c3csc(N)n3)CCC21. The molecule has 2 unspecified atom stereocenters. The lowest BCUT2D eigenvalue weighted by Crippen LogP contribution is -2.53. The summed E-state index contributed by atoms with van der Waals surface area (Å²) in [6.07, 6.45) is 3.55. The Hall–Kier alpha value is -1.14. The van der Waals surface area contributed by atoms with Crippen LogP contribution >= 0.6 is 11.3 Å². The average molecular weight is 280 g/mol. The monoisotopic (exact) mass is 280 g/mol. The molecule has 2 saturated heterocycles. The summed E-state index contributed by atoms with van der Waals surface area (Å²) in [5.41, 5.74) is 6.11. The highest BCUT2D eigenvalue weighted by Gasteiger charge is 2.36. The van der Waals surface area contributed by atoms with Crippen molar-refractivity contribution in [2.45, 2.75) is 25.3 Å². The third-order valence-electron chi connectivity index (χ3n) is 4.37. The number of amides is 1. The van der Waals surface area contributed by atoms with E-state index in [0.29, 0.717) is 22.8 Å². The van der Waals surface area contributed by atoms with Crippen molar-refractivity contribution in [3.8, 4) is 0 Å². The molecule has 2 N–H and O–H groups in total. The molecule has 2 aliphatic heterocycles. The number of fused-ring (bicyclic) bond motifs is 1. The average Bonchev–Trinajstić information content (AvgIpc) is 2.84. The Bertz CT molecular complexity index is 475. The van der Waals surface area contributed by atoms with E-state index >= 15 is 0 Å². The van der Waals surface area contributed by atoms with Crippen LogP contribution in [0.5, 0.6) is 0 Å². The van der Waals surface area contributed by atoms with E-state index in [4.69, 9.17) is 5.73 Å². The van der Waals surface area contributed by atoms with Gasteiger partial charge in [0.05, 0.1) is 0 Å². The van der Waals surface area contributed by atoms with Crippen LogP contribution < -0.4 is 5.73 Å². The smallest absolute Gasteiger partial charge is 0.273 e. The van der Waals surface area contributed by atoms with Crippen molar-refractivity contribution in [1.29, 1.82) is 0 Å². The van der Waals surface area contributed by atoms with Gasteiger partial charge in [0.15, 0.2) is 5.13 Å². The number of hydrogen-bond donors (Lipinski definition) is 1. The number of hydrogen-bond acceptors (Lipinski definition) is 5. The minimum atomic E-state index is 0.0413. The second-order valence-corrected chi connectivity index (χ2v) is 6.45. The standard InChI is InChI=1S/C13H20N4OS/c1-16-5-2-3-9-7-17(6-4-11(9)16)12(18)10-8-19-13(14)15-10/h8-9,11H,2-7H2,1H3,(H2,14,15). The third kappa shape index (κ3) is 2.47. The van der Waals surface area contributed by atoms with E-state index in [1.54, 1.807) is 5.38 Å². The van der Waals surface area contributed by atoms with Gasteiger partial charge in [-0.15, -0.1) is 11.3 Å². The lowest BCUT2D eigenvalue weighted by molar-refractivity contribution is 0.0314. The largest absolute Gasteiger partial charge is 0.375 e. The molecule has 2 fully saturated rings. The number of rotatable bonds is 1. The molecule has 3 heterocycles. The molecular weight excluding hydrogens is 260 g/mol. The van der Waals surface area contributed by atoms with E-state index in [2.05, 4.69) is 16.9 Å². The molecule has 0 aromatic carbocycles. The molecule has 19 heavy (non-hydrogen) atoms. The molecule has 5 nitrogen and oxygen atoms in total. The highest BCUT2D eigenvalue weighted by molar-refractivity contribution is 7.13. The summed E-state index contributed by atoms with van der Waals surface area (Å²) in [5.74, 6) is 0.659. The highest BCUT2D eigenvalue weighted by Crippen LogP contribution is 2.30. The van der Waals surface area contributed by atoms with E-state index in [1.165, 1.54) is 30.7 Å². The number of thiazole rings is 1. The first-order valence-electron chi connectivity index (χ1n) is 6.85. The van der Waals surface area contributed by atoms with Gasteiger partial charge in [-0.2, -0.15) is 0 Å². The van der Waals surface area contributed by atoms with Crippen LogP contribution in [0.3, 0.4) is 0 Å². The van der Waals surface area contributed by atoms with Gasteiger partial charge in [-0.05, 0) is 38.8 Å². The molecule has 0 bridgehead atoms. The highest BCUT2D eigenvalue weighted by atomic mass is 32.1. The van der Waals surface area contributed by atoms with Gasteiger partial charge in [0, 0.05) is 24.5 Å². The summed E-state index contributed by atoms with van der Waals surface area (Å²) in [5, 5.41) is 2.23. The molecule has 0 aliphatic carbocycles. The zero-order valence-electron chi connectivity index (χ0n) is 11.2. The van der Waals surface area contributed by atoms with Gasteiger partial charge >= 0.3 is 0 Å². The van der Waals surface area contributed by atoms with E-state index in [9.17, 15) is 4.79 Å². The van der Waals surface area contributed by atoms with Gasteiger partial charge in [0.2, 0.25) is 0 Å². The fourth-order valence-electron chi connectivity index (χ4n) is 3.38. The topological polar surface area (TPSA) is 62.5 Å². The second-order valence-electron chi connectivity index (χ2n) is 5.56. The van der Waals surface area contributed by atoms with Gasteiger partial charge in [0.1, 0.15) is 5.69 Å². The van der Waals surface area contributed by atoms with Gasteiger partial charge in [-0.3, -0.25) is 4.79 Å². The minimum absolute atomic E-state index is 0.0413. The Labute approximate surface area is 117 Å². The van der Waals surface area contributed by atoms with Crippen molar-refractivity contribution in [3.05, 3.63) is 11.1 Å². The van der Waals surface area contributed by atoms with Gasteiger partial charge in [0.25, 0.3) is 5.91 Å². The summed E-state index contributed by atoms with van der Waals surface area (Å²) >= 11 is 1.33. The molecule has 0 spiro atoms. The first kappa shape index (κ1) is 12.9. The lowest BCUT2D eigenvalue weighted by Gasteiger charge is -2.45. The maximum atomic E-state index is 12.4. The zero-order valence-corrected chi connectivity index (χ0v) is 12.0. The van der Waals surface area contributed by atoms with E-state index in [1.807, 2.05) is 4.90 Å². The van der Waals surface area contributed by atoms with Crippen LogP contribution in [0.4, 0.5) is 5.13 Å². The Morgan fingerprint density at radius 1 is 1.47 bits per heavy atom. The summed E-state index contributed by atoms with van der Waals surface area (Å²) in [7, 11) is 2.20. The number of nitrogens with zero attached hydrogens (tertiary/aromatic N) is 3. The van der Waals surface area contributed by atoms with E-state index < -0.39 is 0 Å². The predicted octanol–water partition coefficient (Wildman–Crippen LogP) is 1.28. The molecule has 0 radical (unpaired) electrons.